The zero-order chi connectivity index (χ0) is 12.0. The molecule has 2 heteroatoms. The van der Waals surface area contributed by atoms with Gasteiger partial charge in [0.15, 0.2) is 0 Å². The third-order valence-corrected chi connectivity index (χ3v) is 4.61. The number of nitrogens with one attached hydrogen (secondary N) is 1. The monoisotopic (exact) mass is 243 g/mol. The van der Waals surface area contributed by atoms with Crippen molar-refractivity contribution in [3.8, 4) is 0 Å². The molecule has 0 spiro atoms. The Hall–Kier alpha value is 0.310. The van der Waals surface area contributed by atoms with Crippen molar-refractivity contribution in [1.29, 1.82) is 0 Å². The van der Waals surface area contributed by atoms with E-state index in [9.17, 15) is 0 Å². The van der Waals surface area contributed by atoms with Gasteiger partial charge in [0, 0.05) is 17.3 Å². The summed E-state index contributed by atoms with van der Waals surface area (Å²) in [4.78, 5) is 0. The highest BCUT2D eigenvalue weighted by Crippen LogP contribution is 2.28. The van der Waals surface area contributed by atoms with Crippen LogP contribution in [0.2, 0.25) is 0 Å². The fourth-order valence-corrected chi connectivity index (χ4v) is 4.03. The van der Waals surface area contributed by atoms with Gasteiger partial charge in [-0.2, -0.15) is 11.8 Å². The van der Waals surface area contributed by atoms with E-state index < -0.39 is 0 Å². The fraction of sp³-hybridized carbons (Fsp3) is 1.00. The van der Waals surface area contributed by atoms with Crippen molar-refractivity contribution >= 4 is 11.8 Å². The van der Waals surface area contributed by atoms with Gasteiger partial charge in [-0.15, -0.1) is 0 Å². The maximum Gasteiger partial charge on any atom is 0.00800 e. The van der Waals surface area contributed by atoms with Gasteiger partial charge in [-0.1, -0.05) is 27.2 Å². The van der Waals surface area contributed by atoms with Crippen LogP contribution in [0.25, 0.3) is 0 Å². The third-order valence-electron chi connectivity index (χ3n) is 3.37. The van der Waals surface area contributed by atoms with Crippen LogP contribution in [0.15, 0.2) is 0 Å². The highest BCUT2D eigenvalue weighted by molar-refractivity contribution is 7.99. The Morgan fingerprint density at radius 3 is 2.62 bits per heavy atom. The minimum Gasteiger partial charge on any atom is -0.311 e. The molecular weight excluding hydrogens is 214 g/mol. The van der Waals surface area contributed by atoms with E-state index in [2.05, 4.69) is 44.8 Å². The van der Waals surface area contributed by atoms with E-state index in [1.54, 1.807) is 0 Å². The highest BCUT2D eigenvalue weighted by atomic mass is 32.2. The quantitative estimate of drug-likeness (QED) is 0.754. The molecule has 16 heavy (non-hydrogen) atoms. The summed E-state index contributed by atoms with van der Waals surface area (Å²) in [7, 11) is 0. The molecule has 1 aliphatic carbocycles. The largest absolute Gasteiger partial charge is 0.311 e. The van der Waals surface area contributed by atoms with Gasteiger partial charge in [-0.25, -0.2) is 0 Å². The third kappa shape index (κ3) is 5.58. The van der Waals surface area contributed by atoms with Crippen molar-refractivity contribution in [2.75, 3.05) is 5.75 Å². The zero-order valence-corrected chi connectivity index (χ0v) is 12.3. The molecule has 1 nitrogen and oxygen atoms in total. The molecule has 0 heterocycles. The first-order valence-corrected chi connectivity index (χ1v) is 8.04. The molecule has 3 atom stereocenters. The average molecular weight is 243 g/mol. The molecule has 3 unspecified atom stereocenters. The molecule has 1 N–H and O–H groups in total. The van der Waals surface area contributed by atoms with E-state index in [1.165, 1.54) is 37.9 Å². The van der Waals surface area contributed by atoms with Crippen LogP contribution in [-0.2, 0) is 0 Å². The molecule has 0 aromatic carbocycles. The minimum absolute atomic E-state index is 0.690. The van der Waals surface area contributed by atoms with Crippen LogP contribution in [0, 0.1) is 5.92 Å². The smallest absolute Gasteiger partial charge is 0.00800 e. The summed E-state index contributed by atoms with van der Waals surface area (Å²) in [5.74, 6) is 2.09. The van der Waals surface area contributed by atoms with E-state index in [0.29, 0.717) is 6.04 Å². The number of hydrogen-bond donors (Lipinski definition) is 1. The number of thioether (sulfide) groups is 1. The number of hydrogen-bond acceptors (Lipinski definition) is 2. The summed E-state index contributed by atoms with van der Waals surface area (Å²) in [6.07, 6.45) is 6.95. The SMILES string of the molecule is CCSC1CCCC(NC(C)CC(C)C)C1. The van der Waals surface area contributed by atoms with Gasteiger partial charge >= 0.3 is 0 Å². The molecule has 0 bridgehead atoms. The lowest BCUT2D eigenvalue weighted by molar-refractivity contribution is 0.326. The van der Waals surface area contributed by atoms with Gasteiger partial charge in [0.1, 0.15) is 0 Å². The predicted octanol–water partition coefficient (Wildman–Crippen LogP) is 4.07. The van der Waals surface area contributed by atoms with E-state index >= 15 is 0 Å². The minimum atomic E-state index is 0.690. The van der Waals surface area contributed by atoms with E-state index in [1.807, 2.05) is 0 Å². The topological polar surface area (TPSA) is 12.0 Å². The fourth-order valence-electron chi connectivity index (χ4n) is 2.86. The van der Waals surface area contributed by atoms with Gasteiger partial charge in [0.05, 0.1) is 0 Å². The Morgan fingerprint density at radius 1 is 1.25 bits per heavy atom. The Labute approximate surface area is 106 Å². The van der Waals surface area contributed by atoms with Crippen molar-refractivity contribution < 1.29 is 0 Å². The van der Waals surface area contributed by atoms with Crippen LogP contribution in [0.1, 0.15) is 59.8 Å². The maximum absolute atomic E-state index is 3.83. The lowest BCUT2D eigenvalue weighted by Gasteiger charge is -2.32. The summed E-state index contributed by atoms with van der Waals surface area (Å²) in [6, 6.07) is 1.47. The molecule has 1 fully saturated rings. The molecule has 0 aromatic rings. The molecule has 1 aliphatic rings. The van der Waals surface area contributed by atoms with E-state index in [0.717, 1.165) is 17.2 Å². The molecule has 0 saturated heterocycles. The van der Waals surface area contributed by atoms with E-state index in [-0.39, 0.29) is 0 Å². The molecular formula is C14H29NS. The highest BCUT2D eigenvalue weighted by Gasteiger charge is 2.22. The summed E-state index contributed by atoms with van der Waals surface area (Å²) in [5.41, 5.74) is 0. The second-order valence-electron chi connectivity index (χ2n) is 5.64. The van der Waals surface area contributed by atoms with Gasteiger partial charge in [0.2, 0.25) is 0 Å². The van der Waals surface area contributed by atoms with Crippen molar-refractivity contribution in [3.05, 3.63) is 0 Å². The second-order valence-corrected chi connectivity index (χ2v) is 7.22. The average Bonchev–Trinajstić information content (AvgIpc) is 2.17. The normalized spacial score (nSPS) is 28.3. The summed E-state index contributed by atoms with van der Waals surface area (Å²) in [5, 5.41) is 4.74. The molecule has 1 rings (SSSR count). The molecule has 1 saturated carbocycles. The van der Waals surface area contributed by atoms with Crippen molar-refractivity contribution in [1.82, 2.24) is 5.32 Å². The molecule has 0 aliphatic heterocycles. The van der Waals surface area contributed by atoms with Crippen LogP contribution in [0.3, 0.4) is 0 Å². The summed E-state index contributed by atoms with van der Waals surface area (Å²) >= 11 is 2.16. The standard InChI is InChI=1S/C14H29NS/c1-5-16-14-8-6-7-13(10-14)15-12(4)9-11(2)3/h11-15H,5-10H2,1-4H3. The Morgan fingerprint density at radius 2 is 2.00 bits per heavy atom. The Kier molecular flexibility index (Phi) is 6.83. The van der Waals surface area contributed by atoms with Crippen molar-refractivity contribution in [2.24, 2.45) is 5.92 Å². The van der Waals surface area contributed by atoms with Crippen molar-refractivity contribution in [3.63, 3.8) is 0 Å². The maximum atomic E-state index is 3.83. The number of rotatable bonds is 6. The predicted molar refractivity (Wildman–Crippen MR) is 76.2 cm³/mol. The van der Waals surface area contributed by atoms with Crippen LogP contribution in [0.4, 0.5) is 0 Å². The summed E-state index contributed by atoms with van der Waals surface area (Å²) < 4.78 is 0. The van der Waals surface area contributed by atoms with Gasteiger partial charge in [-0.3, -0.25) is 0 Å². The summed E-state index contributed by atoms with van der Waals surface area (Å²) in [6.45, 7) is 9.25. The van der Waals surface area contributed by atoms with Crippen molar-refractivity contribution in [2.45, 2.75) is 77.1 Å². The van der Waals surface area contributed by atoms with Crippen LogP contribution >= 0.6 is 11.8 Å². The Bertz CT molecular complexity index is 180. The van der Waals surface area contributed by atoms with Gasteiger partial charge in [0.25, 0.3) is 0 Å². The van der Waals surface area contributed by atoms with E-state index in [4.69, 9.17) is 0 Å². The first-order valence-electron chi connectivity index (χ1n) is 6.99. The second kappa shape index (κ2) is 7.60. The first-order chi connectivity index (χ1) is 7.61. The Balaban J connectivity index is 2.25. The van der Waals surface area contributed by atoms with Crippen LogP contribution < -0.4 is 5.32 Å². The molecule has 0 amide bonds. The molecule has 96 valence electrons. The molecule has 0 aromatic heterocycles. The van der Waals surface area contributed by atoms with Crippen LogP contribution in [-0.4, -0.2) is 23.1 Å². The van der Waals surface area contributed by atoms with Gasteiger partial charge < -0.3 is 5.32 Å². The lowest BCUT2D eigenvalue weighted by atomic mass is 9.93. The first kappa shape index (κ1) is 14.4. The van der Waals surface area contributed by atoms with Crippen LogP contribution in [0.5, 0.6) is 0 Å². The van der Waals surface area contributed by atoms with Gasteiger partial charge in [-0.05, 0) is 44.3 Å². The molecule has 0 radical (unpaired) electrons. The zero-order valence-electron chi connectivity index (χ0n) is 11.5. The lowest BCUT2D eigenvalue weighted by Crippen LogP contribution is -2.41.